The third kappa shape index (κ3) is 2.78. The molecule has 1 aromatic carbocycles. The molecule has 0 aliphatic carbocycles. The van der Waals surface area contributed by atoms with E-state index < -0.39 is 0 Å². The molecule has 2 N–H and O–H groups in total. The monoisotopic (exact) mass is 326 g/mol. The molecule has 126 valence electrons. The number of hydrogen-bond donors (Lipinski definition) is 2. The van der Waals surface area contributed by atoms with Gasteiger partial charge < -0.3 is 15.2 Å². The first kappa shape index (κ1) is 15.2. The predicted molar refractivity (Wildman–Crippen MR) is 91.6 cm³/mol. The van der Waals surface area contributed by atoms with Crippen LogP contribution >= 0.6 is 0 Å². The first-order valence-corrected chi connectivity index (χ1v) is 8.57. The molecule has 6 nitrogen and oxygen atoms in total. The number of aromatic nitrogens is 1. The molecule has 2 aromatic rings. The molecule has 0 saturated carbocycles. The summed E-state index contributed by atoms with van der Waals surface area (Å²) in [5.41, 5.74) is 2.07. The van der Waals surface area contributed by atoms with Crippen molar-refractivity contribution in [2.45, 2.75) is 18.9 Å². The van der Waals surface area contributed by atoms with Gasteiger partial charge in [-0.1, -0.05) is 18.2 Å². The number of rotatable bonds is 2. The SMILES string of the molecule is O=C1NCCN2CCCN(C(=O)Cc3c[nH]c4ccccc34)CC12. The molecular formula is C18H22N4O2. The molecule has 2 fully saturated rings. The zero-order chi connectivity index (χ0) is 16.5. The fourth-order valence-electron chi connectivity index (χ4n) is 3.77. The van der Waals surface area contributed by atoms with E-state index in [1.807, 2.05) is 35.4 Å². The topological polar surface area (TPSA) is 68.4 Å². The molecule has 6 heteroatoms. The van der Waals surface area contributed by atoms with Gasteiger partial charge in [0.05, 0.1) is 6.42 Å². The van der Waals surface area contributed by atoms with Crippen molar-refractivity contribution in [1.29, 1.82) is 0 Å². The van der Waals surface area contributed by atoms with Crippen molar-refractivity contribution >= 4 is 22.7 Å². The minimum absolute atomic E-state index is 0.0491. The van der Waals surface area contributed by atoms with E-state index in [2.05, 4.69) is 15.2 Å². The lowest BCUT2D eigenvalue weighted by atomic mass is 10.1. The summed E-state index contributed by atoms with van der Waals surface area (Å²) in [4.78, 5) is 32.2. The van der Waals surface area contributed by atoms with Crippen molar-refractivity contribution in [2.24, 2.45) is 0 Å². The molecule has 0 bridgehead atoms. The fourth-order valence-corrected chi connectivity index (χ4v) is 3.77. The number of fused-ring (bicyclic) bond motifs is 2. The molecule has 3 heterocycles. The minimum atomic E-state index is -0.201. The van der Waals surface area contributed by atoms with Crippen molar-refractivity contribution in [2.75, 3.05) is 32.7 Å². The quantitative estimate of drug-likeness (QED) is 0.855. The Hall–Kier alpha value is -2.34. The Labute approximate surface area is 140 Å². The number of H-pyrrole nitrogens is 1. The average molecular weight is 326 g/mol. The fraction of sp³-hybridized carbons (Fsp3) is 0.444. The van der Waals surface area contributed by atoms with Crippen molar-refractivity contribution in [3.8, 4) is 0 Å². The van der Waals surface area contributed by atoms with E-state index in [1.54, 1.807) is 0 Å². The molecule has 4 rings (SSSR count). The number of amides is 2. The van der Waals surface area contributed by atoms with Gasteiger partial charge in [0.2, 0.25) is 11.8 Å². The van der Waals surface area contributed by atoms with Crippen LogP contribution in [0.1, 0.15) is 12.0 Å². The van der Waals surface area contributed by atoms with Gasteiger partial charge in [-0.15, -0.1) is 0 Å². The third-order valence-corrected chi connectivity index (χ3v) is 5.08. The van der Waals surface area contributed by atoms with Gasteiger partial charge in [0.15, 0.2) is 0 Å². The van der Waals surface area contributed by atoms with E-state index in [1.165, 1.54) is 0 Å². The summed E-state index contributed by atoms with van der Waals surface area (Å²) >= 11 is 0. The smallest absolute Gasteiger partial charge is 0.239 e. The molecule has 1 aromatic heterocycles. The lowest BCUT2D eigenvalue weighted by Gasteiger charge is -2.34. The number of para-hydroxylation sites is 1. The first-order valence-electron chi connectivity index (χ1n) is 8.57. The molecule has 2 aliphatic rings. The average Bonchev–Trinajstić information content (AvgIpc) is 2.85. The van der Waals surface area contributed by atoms with Crippen LogP contribution < -0.4 is 5.32 Å². The van der Waals surface area contributed by atoms with E-state index in [9.17, 15) is 9.59 Å². The summed E-state index contributed by atoms with van der Waals surface area (Å²) in [7, 11) is 0. The van der Waals surface area contributed by atoms with Crippen LogP contribution in [0.15, 0.2) is 30.5 Å². The van der Waals surface area contributed by atoms with Crippen molar-refractivity contribution in [1.82, 2.24) is 20.1 Å². The van der Waals surface area contributed by atoms with Gasteiger partial charge in [-0.3, -0.25) is 14.5 Å². The van der Waals surface area contributed by atoms with Crippen molar-refractivity contribution < 1.29 is 9.59 Å². The summed E-state index contributed by atoms with van der Waals surface area (Å²) in [5.74, 6) is 0.146. The van der Waals surface area contributed by atoms with Gasteiger partial charge >= 0.3 is 0 Å². The summed E-state index contributed by atoms with van der Waals surface area (Å²) < 4.78 is 0. The maximum absolute atomic E-state index is 12.8. The van der Waals surface area contributed by atoms with Gasteiger partial charge in [-0.25, -0.2) is 0 Å². The van der Waals surface area contributed by atoms with Gasteiger partial charge in [-0.05, 0) is 18.1 Å². The third-order valence-electron chi connectivity index (χ3n) is 5.08. The Bertz CT molecular complexity index is 769. The first-order chi connectivity index (χ1) is 11.7. The molecule has 1 atom stereocenters. The highest BCUT2D eigenvalue weighted by Crippen LogP contribution is 2.20. The number of piperazine rings is 1. The van der Waals surface area contributed by atoms with Crippen LogP contribution in [-0.4, -0.2) is 65.4 Å². The molecule has 1 unspecified atom stereocenters. The number of nitrogens with one attached hydrogen (secondary N) is 2. The minimum Gasteiger partial charge on any atom is -0.361 e. The number of nitrogens with zero attached hydrogens (tertiary/aromatic N) is 2. The number of carbonyl (C=O) groups excluding carboxylic acids is 2. The van der Waals surface area contributed by atoms with Crippen LogP contribution in [0.3, 0.4) is 0 Å². The van der Waals surface area contributed by atoms with Crippen LogP contribution in [0, 0.1) is 0 Å². The Morgan fingerprint density at radius 3 is 3.00 bits per heavy atom. The molecule has 2 saturated heterocycles. The highest BCUT2D eigenvalue weighted by atomic mass is 16.2. The van der Waals surface area contributed by atoms with Crippen molar-refractivity contribution in [3.05, 3.63) is 36.0 Å². The number of benzene rings is 1. The van der Waals surface area contributed by atoms with Crippen LogP contribution in [0.4, 0.5) is 0 Å². The van der Waals surface area contributed by atoms with E-state index in [0.29, 0.717) is 19.5 Å². The number of carbonyl (C=O) groups is 2. The van der Waals surface area contributed by atoms with Crippen molar-refractivity contribution in [3.63, 3.8) is 0 Å². The van der Waals surface area contributed by atoms with Crippen LogP contribution in [0.5, 0.6) is 0 Å². The van der Waals surface area contributed by atoms with Crippen LogP contribution in [0.25, 0.3) is 10.9 Å². The van der Waals surface area contributed by atoms with E-state index in [0.717, 1.165) is 42.5 Å². The Morgan fingerprint density at radius 2 is 2.08 bits per heavy atom. The van der Waals surface area contributed by atoms with Gasteiger partial charge in [0, 0.05) is 49.8 Å². The largest absolute Gasteiger partial charge is 0.361 e. The maximum Gasteiger partial charge on any atom is 0.239 e. The second kappa shape index (κ2) is 6.28. The van der Waals surface area contributed by atoms with Gasteiger partial charge in [0.25, 0.3) is 0 Å². The Kier molecular flexibility index (Phi) is 3.98. The molecule has 24 heavy (non-hydrogen) atoms. The summed E-state index contributed by atoms with van der Waals surface area (Å²) in [5, 5.41) is 4.01. The van der Waals surface area contributed by atoms with E-state index >= 15 is 0 Å². The van der Waals surface area contributed by atoms with Crippen LogP contribution in [0.2, 0.25) is 0 Å². The maximum atomic E-state index is 12.8. The highest BCUT2D eigenvalue weighted by Gasteiger charge is 2.34. The number of aromatic amines is 1. The van der Waals surface area contributed by atoms with Gasteiger partial charge in [-0.2, -0.15) is 0 Å². The normalized spacial score (nSPS) is 22.1. The lowest BCUT2D eigenvalue weighted by Crippen LogP contribution is -2.58. The summed E-state index contributed by atoms with van der Waals surface area (Å²) in [6, 6.07) is 7.82. The summed E-state index contributed by atoms with van der Waals surface area (Å²) in [6.45, 7) is 3.68. The van der Waals surface area contributed by atoms with Gasteiger partial charge in [0.1, 0.15) is 6.04 Å². The molecular weight excluding hydrogens is 304 g/mol. The second-order valence-corrected chi connectivity index (χ2v) is 6.57. The van der Waals surface area contributed by atoms with Crippen LogP contribution in [-0.2, 0) is 16.0 Å². The Balaban J connectivity index is 1.50. The predicted octanol–water partition coefficient (Wildman–Crippen LogP) is 0.743. The zero-order valence-electron chi connectivity index (χ0n) is 13.6. The molecule has 2 amide bonds. The zero-order valence-corrected chi connectivity index (χ0v) is 13.6. The molecule has 0 spiro atoms. The molecule has 2 aliphatic heterocycles. The summed E-state index contributed by atoms with van der Waals surface area (Å²) in [6.07, 6.45) is 3.21. The highest BCUT2D eigenvalue weighted by molar-refractivity contribution is 5.89. The second-order valence-electron chi connectivity index (χ2n) is 6.57. The van der Waals surface area contributed by atoms with E-state index in [-0.39, 0.29) is 17.9 Å². The van der Waals surface area contributed by atoms with E-state index in [4.69, 9.17) is 0 Å². The standard InChI is InChI=1S/C18H22N4O2/c23-17(10-13-11-20-15-5-2-1-4-14(13)15)22-8-3-7-21-9-6-19-18(24)16(21)12-22/h1-2,4-5,11,16,20H,3,6-10,12H2,(H,19,24). The molecule has 0 radical (unpaired) electrons. The number of hydrogen-bond acceptors (Lipinski definition) is 3. The lowest BCUT2D eigenvalue weighted by molar-refractivity contribution is -0.133. The Morgan fingerprint density at radius 1 is 1.21 bits per heavy atom.